The summed E-state index contributed by atoms with van der Waals surface area (Å²) in [4.78, 5) is 31.7. The third-order valence-corrected chi connectivity index (χ3v) is 4.00. The van der Waals surface area contributed by atoms with E-state index in [0.717, 1.165) is 16.9 Å². The Labute approximate surface area is 142 Å². The van der Waals surface area contributed by atoms with Crippen molar-refractivity contribution >= 4 is 28.0 Å². The van der Waals surface area contributed by atoms with Crippen molar-refractivity contribution < 1.29 is 9.21 Å². The van der Waals surface area contributed by atoms with Crippen molar-refractivity contribution in [3.8, 4) is 0 Å². The zero-order valence-corrected chi connectivity index (χ0v) is 13.4. The Hall–Kier alpha value is -3.35. The van der Waals surface area contributed by atoms with Crippen LogP contribution in [0.15, 0.2) is 57.7 Å². The van der Waals surface area contributed by atoms with Crippen LogP contribution in [-0.4, -0.2) is 27.0 Å². The molecule has 0 saturated carbocycles. The molecule has 4 rings (SSSR count). The van der Waals surface area contributed by atoms with E-state index in [2.05, 4.69) is 15.3 Å². The molecular weight excluding hydrogens is 320 g/mol. The Morgan fingerprint density at radius 3 is 2.84 bits per heavy atom. The number of carbonyl (C=O) groups excluding carboxylic acids is 1. The molecule has 0 fully saturated rings. The van der Waals surface area contributed by atoms with Gasteiger partial charge in [-0.15, -0.1) is 0 Å². The highest BCUT2D eigenvalue weighted by Gasteiger charge is 2.12. The third-order valence-electron chi connectivity index (χ3n) is 4.00. The van der Waals surface area contributed by atoms with Crippen LogP contribution in [0, 0.1) is 0 Å². The van der Waals surface area contributed by atoms with Crippen LogP contribution < -0.4 is 11.1 Å². The van der Waals surface area contributed by atoms with Crippen LogP contribution in [0.4, 0.5) is 0 Å². The maximum atomic E-state index is 12.1. The summed E-state index contributed by atoms with van der Waals surface area (Å²) in [6.07, 6.45) is 0.585. The smallest absolute Gasteiger partial charge is 0.408 e. The van der Waals surface area contributed by atoms with E-state index in [4.69, 9.17) is 4.42 Å². The monoisotopic (exact) mass is 336 g/mol. The van der Waals surface area contributed by atoms with E-state index >= 15 is 0 Å². The molecule has 0 aliphatic carbocycles. The number of para-hydroxylation sites is 4. The first kappa shape index (κ1) is 15.2. The van der Waals surface area contributed by atoms with E-state index < -0.39 is 5.76 Å². The van der Waals surface area contributed by atoms with Gasteiger partial charge in [0, 0.05) is 13.0 Å². The summed E-state index contributed by atoms with van der Waals surface area (Å²) >= 11 is 0. The van der Waals surface area contributed by atoms with Gasteiger partial charge in [0.2, 0.25) is 5.91 Å². The van der Waals surface area contributed by atoms with E-state index in [0.29, 0.717) is 24.1 Å². The van der Waals surface area contributed by atoms with Gasteiger partial charge in [0.05, 0.1) is 16.6 Å². The zero-order valence-electron chi connectivity index (χ0n) is 13.4. The molecule has 4 aromatic rings. The van der Waals surface area contributed by atoms with Crippen LogP contribution in [0.5, 0.6) is 0 Å². The van der Waals surface area contributed by atoms with Gasteiger partial charge in [-0.25, -0.2) is 9.78 Å². The Morgan fingerprint density at radius 1 is 1.16 bits per heavy atom. The van der Waals surface area contributed by atoms with Crippen LogP contribution in [0.1, 0.15) is 5.82 Å². The van der Waals surface area contributed by atoms with E-state index in [-0.39, 0.29) is 12.5 Å². The standard InChI is InChI=1S/C18H16N4O3/c23-17(11-22-14-7-3-4-8-15(14)25-18(22)24)19-10-9-16-20-12-5-1-2-6-13(12)21-16/h1-8H,9-11H2,(H,19,23)(H,20,21). The number of hydrogen-bond acceptors (Lipinski definition) is 4. The minimum Gasteiger partial charge on any atom is -0.408 e. The van der Waals surface area contributed by atoms with Crippen molar-refractivity contribution in [1.82, 2.24) is 19.9 Å². The molecule has 0 spiro atoms. The Kier molecular flexibility index (Phi) is 3.81. The molecule has 0 radical (unpaired) electrons. The third kappa shape index (κ3) is 3.03. The molecule has 2 N–H and O–H groups in total. The zero-order chi connectivity index (χ0) is 17.2. The summed E-state index contributed by atoms with van der Waals surface area (Å²) in [5.74, 6) is 0.0332. The van der Waals surface area contributed by atoms with Crippen LogP contribution in [0.3, 0.4) is 0 Å². The predicted molar refractivity (Wildman–Crippen MR) is 93.3 cm³/mol. The van der Waals surface area contributed by atoms with Gasteiger partial charge in [0.1, 0.15) is 12.4 Å². The topological polar surface area (TPSA) is 92.9 Å². The Morgan fingerprint density at radius 2 is 1.96 bits per heavy atom. The second-order valence-electron chi connectivity index (χ2n) is 5.72. The van der Waals surface area contributed by atoms with Gasteiger partial charge < -0.3 is 14.7 Å². The second kappa shape index (κ2) is 6.27. The molecule has 7 heteroatoms. The summed E-state index contributed by atoms with van der Waals surface area (Å²) in [6.45, 7) is 0.360. The van der Waals surface area contributed by atoms with Gasteiger partial charge in [-0.3, -0.25) is 9.36 Å². The number of nitrogens with one attached hydrogen (secondary N) is 2. The molecule has 2 heterocycles. The van der Waals surface area contributed by atoms with Crippen LogP contribution in [-0.2, 0) is 17.8 Å². The normalized spacial score (nSPS) is 11.2. The van der Waals surface area contributed by atoms with E-state index in [1.165, 1.54) is 4.57 Å². The van der Waals surface area contributed by atoms with Crippen molar-refractivity contribution in [2.24, 2.45) is 0 Å². The molecule has 0 bridgehead atoms. The Bertz CT molecular complexity index is 1070. The van der Waals surface area contributed by atoms with Gasteiger partial charge in [-0.1, -0.05) is 24.3 Å². The number of nitrogens with zero attached hydrogens (tertiary/aromatic N) is 2. The fraction of sp³-hybridized carbons (Fsp3) is 0.167. The maximum Gasteiger partial charge on any atom is 0.420 e. The molecule has 0 saturated heterocycles. The van der Waals surface area contributed by atoms with Crippen molar-refractivity contribution in [1.29, 1.82) is 0 Å². The number of imidazole rings is 1. The fourth-order valence-corrected chi connectivity index (χ4v) is 2.81. The molecule has 0 atom stereocenters. The number of rotatable bonds is 5. The lowest BCUT2D eigenvalue weighted by Crippen LogP contribution is -2.32. The summed E-state index contributed by atoms with van der Waals surface area (Å²) in [5.41, 5.74) is 2.96. The molecule has 0 aliphatic rings. The van der Waals surface area contributed by atoms with E-state index in [9.17, 15) is 9.59 Å². The number of benzene rings is 2. The SMILES string of the molecule is O=C(Cn1c(=O)oc2ccccc21)NCCc1nc2ccccc2[nH]1. The minimum atomic E-state index is -0.534. The highest BCUT2D eigenvalue weighted by molar-refractivity contribution is 5.79. The van der Waals surface area contributed by atoms with Crippen molar-refractivity contribution in [3.63, 3.8) is 0 Å². The number of hydrogen-bond donors (Lipinski definition) is 2. The van der Waals surface area contributed by atoms with Gasteiger partial charge in [-0.2, -0.15) is 0 Å². The highest BCUT2D eigenvalue weighted by Crippen LogP contribution is 2.12. The van der Waals surface area contributed by atoms with Gasteiger partial charge in [0.15, 0.2) is 5.58 Å². The average Bonchev–Trinajstić information content (AvgIpc) is 3.16. The number of oxazole rings is 1. The molecule has 0 unspecified atom stereocenters. The molecule has 126 valence electrons. The van der Waals surface area contributed by atoms with Gasteiger partial charge in [0.25, 0.3) is 0 Å². The summed E-state index contributed by atoms with van der Waals surface area (Å²) in [5, 5.41) is 2.81. The van der Waals surface area contributed by atoms with Gasteiger partial charge >= 0.3 is 5.76 Å². The fourth-order valence-electron chi connectivity index (χ4n) is 2.81. The predicted octanol–water partition coefficient (Wildman–Crippen LogP) is 1.83. The maximum absolute atomic E-state index is 12.1. The Balaban J connectivity index is 1.39. The number of carbonyl (C=O) groups is 1. The van der Waals surface area contributed by atoms with Crippen LogP contribution in [0.2, 0.25) is 0 Å². The highest BCUT2D eigenvalue weighted by atomic mass is 16.4. The summed E-state index contributed by atoms with van der Waals surface area (Å²) in [6, 6.07) is 14.8. The van der Waals surface area contributed by atoms with E-state index in [1.807, 2.05) is 24.3 Å². The molecular formula is C18H16N4O3. The number of aromatic nitrogens is 3. The lowest BCUT2D eigenvalue weighted by molar-refractivity contribution is -0.121. The quantitative estimate of drug-likeness (QED) is 0.581. The molecule has 1 amide bonds. The molecule has 0 aliphatic heterocycles. The lowest BCUT2D eigenvalue weighted by atomic mass is 10.3. The van der Waals surface area contributed by atoms with Crippen molar-refractivity contribution in [3.05, 3.63) is 64.9 Å². The second-order valence-corrected chi connectivity index (χ2v) is 5.72. The summed E-state index contributed by atoms with van der Waals surface area (Å²) < 4.78 is 6.45. The first-order valence-electron chi connectivity index (χ1n) is 7.99. The summed E-state index contributed by atoms with van der Waals surface area (Å²) in [7, 11) is 0. The van der Waals surface area contributed by atoms with Crippen LogP contribution >= 0.6 is 0 Å². The number of amides is 1. The minimum absolute atomic E-state index is 0.0734. The van der Waals surface area contributed by atoms with Gasteiger partial charge in [-0.05, 0) is 24.3 Å². The van der Waals surface area contributed by atoms with Crippen molar-refractivity contribution in [2.45, 2.75) is 13.0 Å². The largest absolute Gasteiger partial charge is 0.420 e. The van der Waals surface area contributed by atoms with Crippen LogP contribution in [0.25, 0.3) is 22.1 Å². The number of fused-ring (bicyclic) bond motifs is 2. The molecule has 25 heavy (non-hydrogen) atoms. The van der Waals surface area contributed by atoms with Crippen molar-refractivity contribution in [2.75, 3.05) is 6.54 Å². The lowest BCUT2D eigenvalue weighted by Gasteiger charge is -2.04. The molecule has 7 nitrogen and oxygen atoms in total. The average molecular weight is 336 g/mol. The molecule has 2 aromatic heterocycles. The first-order valence-corrected chi connectivity index (χ1v) is 7.99. The first-order chi connectivity index (χ1) is 12.2. The number of aromatic amines is 1. The van der Waals surface area contributed by atoms with E-state index in [1.54, 1.807) is 24.3 Å². The number of H-pyrrole nitrogens is 1. The molecule has 2 aromatic carbocycles.